The van der Waals surface area contributed by atoms with E-state index in [9.17, 15) is 14.4 Å². The van der Waals surface area contributed by atoms with E-state index in [0.29, 0.717) is 0 Å². The number of hydrogen-bond acceptors (Lipinski definition) is 7. The van der Waals surface area contributed by atoms with Crippen LogP contribution in [0.25, 0.3) is 0 Å². The van der Waals surface area contributed by atoms with Crippen LogP contribution in [0.1, 0.15) is 13.8 Å². The minimum Gasteiger partial charge on any atom is -0.478 e. The Bertz CT molecular complexity index is 446. The molecule has 0 saturated carbocycles. The summed E-state index contributed by atoms with van der Waals surface area (Å²) in [6, 6.07) is 0. The lowest BCUT2D eigenvalue weighted by atomic mass is 10.3. The van der Waals surface area contributed by atoms with Gasteiger partial charge in [-0.1, -0.05) is 13.2 Å². The minimum absolute atomic E-state index is 0.192. The van der Waals surface area contributed by atoms with Gasteiger partial charge in [0.25, 0.3) is 0 Å². The summed E-state index contributed by atoms with van der Waals surface area (Å²) in [6.07, 6.45) is -2.31. The number of amides is 1. The number of aliphatic carboxylic acids is 1. The van der Waals surface area contributed by atoms with Gasteiger partial charge in [-0.2, -0.15) is 0 Å². The first-order valence-corrected chi connectivity index (χ1v) is 6.40. The number of hydrogen-bond donors (Lipinski definition) is 4. The zero-order chi connectivity index (χ0) is 18.6. The fourth-order valence-electron chi connectivity index (χ4n) is 0.812. The number of aliphatic hydroxyl groups is 2. The monoisotopic (exact) mass is 333 g/mol. The molecule has 0 aromatic rings. The molecule has 0 aliphatic rings. The van der Waals surface area contributed by atoms with Crippen molar-refractivity contribution in [3.8, 4) is 0 Å². The molecule has 0 rings (SSSR count). The smallest absolute Gasteiger partial charge is 0.354 e. The number of carboxylic acids is 1. The average molecular weight is 333 g/mol. The van der Waals surface area contributed by atoms with Crippen LogP contribution in [0.15, 0.2) is 24.3 Å². The molecule has 0 spiro atoms. The van der Waals surface area contributed by atoms with E-state index < -0.39 is 36.8 Å². The van der Waals surface area contributed by atoms with Crippen molar-refractivity contribution in [1.82, 2.24) is 5.32 Å². The molecule has 0 heterocycles. The Morgan fingerprint density at radius 2 is 1.70 bits per heavy atom. The highest BCUT2D eigenvalue weighted by Gasteiger charge is 2.18. The summed E-state index contributed by atoms with van der Waals surface area (Å²) in [5, 5.41) is 27.6. The Morgan fingerprint density at radius 1 is 1.17 bits per heavy atom. The fraction of sp³-hybridized carbons (Fsp3) is 0.500. The molecule has 0 bridgehead atoms. The summed E-state index contributed by atoms with van der Waals surface area (Å²) in [6.45, 7) is 9.06. The Balaban J connectivity index is 0. The Morgan fingerprint density at radius 3 is 2.00 bits per heavy atom. The summed E-state index contributed by atoms with van der Waals surface area (Å²) < 4.78 is 8.97. The molecule has 0 saturated heterocycles. The molecule has 132 valence electrons. The Hall–Kier alpha value is -2.23. The molecule has 9 heteroatoms. The first-order chi connectivity index (χ1) is 10.6. The molecule has 23 heavy (non-hydrogen) atoms. The quantitative estimate of drug-likeness (QED) is 0.257. The summed E-state index contributed by atoms with van der Waals surface area (Å²) in [5.41, 5.74) is 0.508. The molecule has 4 N–H and O–H groups in total. The van der Waals surface area contributed by atoms with Crippen LogP contribution in [0.5, 0.6) is 0 Å². The fourth-order valence-corrected chi connectivity index (χ4v) is 0.812. The van der Waals surface area contributed by atoms with E-state index in [2.05, 4.69) is 27.9 Å². The van der Waals surface area contributed by atoms with Crippen molar-refractivity contribution in [2.24, 2.45) is 0 Å². The number of methoxy groups -OCH3 is 1. The number of nitrogens with one attached hydrogen (secondary N) is 1. The predicted molar refractivity (Wildman–Crippen MR) is 80.3 cm³/mol. The maximum Gasteiger partial charge on any atom is 0.354 e. The van der Waals surface area contributed by atoms with Gasteiger partial charge in [-0.25, -0.2) is 9.59 Å². The van der Waals surface area contributed by atoms with Crippen LogP contribution >= 0.6 is 0 Å². The molecule has 0 aliphatic carbocycles. The van der Waals surface area contributed by atoms with E-state index in [-0.39, 0.29) is 17.8 Å². The highest BCUT2D eigenvalue weighted by atomic mass is 16.5. The topological polar surface area (TPSA) is 142 Å². The lowest BCUT2D eigenvalue weighted by Gasteiger charge is -2.11. The average Bonchev–Trinajstić information content (AvgIpc) is 2.49. The van der Waals surface area contributed by atoms with Gasteiger partial charge < -0.3 is 30.1 Å². The molecular formula is C14H23NO8. The van der Waals surface area contributed by atoms with Gasteiger partial charge in [0.15, 0.2) is 0 Å². The van der Waals surface area contributed by atoms with E-state index in [0.717, 1.165) is 0 Å². The summed E-state index contributed by atoms with van der Waals surface area (Å²) >= 11 is 0. The van der Waals surface area contributed by atoms with Gasteiger partial charge in [-0.3, -0.25) is 4.79 Å². The molecule has 0 aromatic heterocycles. The third kappa shape index (κ3) is 12.0. The second-order valence-electron chi connectivity index (χ2n) is 4.42. The second kappa shape index (κ2) is 12.3. The first kappa shape index (κ1) is 23.0. The van der Waals surface area contributed by atoms with Crippen molar-refractivity contribution in [3.63, 3.8) is 0 Å². The lowest BCUT2D eigenvalue weighted by Crippen LogP contribution is -2.42. The van der Waals surface area contributed by atoms with Gasteiger partial charge in [-0.15, -0.1) is 0 Å². The van der Waals surface area contributed by atoms with Crippen LogP contribution in [0.4, 0.5) is 0 Å². The Kier molecular flexibility index (Phi) is 12.4. The van der Waals surface area contributed by atoms with Gasteiger partial charge in [-0.05, 0) is 13.8 Å². The minimum atomic E-state index is -1.31. The highest BCUT2D eigenvalue weighted by molar-refractivity contribution is 5.94. The molecule has 2 atom stereocenters. The van der Waals surface area contributed by atoms with Crippen molar-refractivity contribution in [1.29, 1.82) is 0 Å². The number of ether oxygens (including phenoxy) is 2. The maximum atomic E-state index is 10.9. The maximum absolute atomic E-state index is 10.9. The predicted octanol–water partition coefficient (Wildman–Crippen LogP) is -0.805. The Labute approximate surface area is 134 Å². The summed E-state index contributed by atoms with van der Waals surface area (Å²) in [5.74, 6) is -2.34. The third-order valence-corrected chi connectivity index (χ3v) is 2.08. The van der Waals surface area contributed by atoms with Crippen molar-refractivity contribution in [2.45, 2.75) is 26.2 Å². The molecule has 0 aliphatic heterocycles. The molecular weight excluding hydrogens is 310 g/mol. The van der Waals surface area contributed by atoms with Crippen LogP contribution in [0.2, 0.25) is 0 Å². The van der Waals surface area contributed by atoms with Crippen LogP contribution in [0.3, 0.4) is 0 Å². The van der Waals surface area contributed by atoms with E-state index in [1.807, 2.05) is 0 Å². The van der Waals surface area contributed by atoms with Crippen LogP contribution in [-0.2, 0) is 23.9 Å². The van der Waals surface area contributed by atoms with E-state index in [4.69, 9.17) is 15.3 Å². The summed E-state index contributed by atoms with van der Waals surface area (Å²) in [7, 11) is 1.19. The van der Waals surface area contributed by atoms with E-state index in [1.165, 1.54) is 21.0 Å². The molecule has 0 radical (unpaired) electrons. The molecule has 9 nitrogen and oxygen atoms in total. The second-order valence-corrected chi connectivity index (χ2v) is 4.42. The molecule has 1 amide bonds. The largest absolute Gasteiger partial charge is 0.478 e. The van der Waals surface area contributed by atoms with Gasteiger partial charge >= 0.3 is 11.9 Å². The molecule has 0 fully saturated rings. The number of aliphatic hydroxyl groups excluding tert-OH is 2. The number of esters is 1. The third-order valence-electron chi connectivity index (χ3n) is 2.08. The lowest BCUT2D eigenvalue weighted by molar-refractivity contribution is -0.152. The highest BCUT2D eigenvalue weighted by Crippen LogP contribution is 1.93. The number of carbonyl (C=O) groups is 3. The molecule has 2 unspecified atom stereocenters. The normalized spacial score (nSPS) is 12.0. The number of rotatable bonds is 8. The molecule has 0 aromatic carbocycles. The number of carbonyl (C=O) groups excluding carboxylic acids is 2. The van der Waals surface area contributed by atoms with Crippen LogP contribution in [-0.4, -0.2) is 65.8 Å². The van der Waals surface area contributed by atoms with Crippen LogP contribution < -0.4 is 5.32 Å². The zero-order valence-corrected chi connectivity index (χ0v) is 13.4. The van der Waals surface area contributed by atoms with Gasteiger partial charge in [0, 0.05) is 18.3 Å². The first-order valence-electron chi connectivity index (χ1n) is 6.40. The van der Waals surface area contributed by atoms with Crippen molar-refractivity contribution in [2.75, 3.05) is 20.3 Å². The van der Waals surface area contributed by atoms with Gasteiger partial charge in [0.1, 0.15) is 12.7 Å². The number of carboxylic acid groups (broad SMARTS) is 1. The van der Waals surface area contributed by atoms with E-state index in [1.54, 1.807) is 0 Å². The van der Waals surface area contributed by atoms with Crippen LogP contribution in [0, 0.1) is 0 Å². The van der Waals surface area contributed by atoms with Crippen molar-refractivity contribution < 1.29 is 39.2 Å². The standard InChI is InChI=1S/C7H11NO4.C7H12O4/c1-4(2)5(9)8-6(12-3)7(10)11;1-5(2)7(10)11-4-6(9)3-8/h6H,1H2,2-3H3,(H,8,9)(H,10,11);6,8-9H,1,3-4H2,2H3. The van der Waals surface area contributed by atoms with Crippen molar-refractivity contribution in [3.05, 3.63) is 24.3 Å². The van der Waals surface area contributed by atoms with Gasteiger partial charge in [0.2, 0.25) is 12.1 Å². The summed E-state index contributed by atoms with van der Waals surface area (Å²) in [4.78, 5) is 31.8. The van der Waals surface area contributed by atoms with Gasteiger partial charge in [0.05, 0.1) is 6.61 Å². The zero-order valence-electron chi connectivity index (χ0n) is 13.4. The SMILES string of the molecule is C=C(C)C(=O)NC(OC)C(=O)O.C=C(C)C(=O)OCC(O)CO. The van der Waals surface area contributed by atoms with E-state index >= 15 is 0 Å². The van der Waals surface area contributed by atoms with Crippen molar-refractivity contribution >= 4 is 17.8 Å².